The minimum Gasteiger partial charge on any atom is -0.451 e. The van der Waals surface area contributed by atoms with Crippen LogP contribution in [-0.2, 0) is 0 Å². The summed E-state index contributed by atoms with van der Waals surface area (Å²) in [7, 11) is 0. The third-order valence-corrected chi connectivity index (χ3v) is 5.46. The summed E-state index contributed by atoms with van der Waals surface area (Å²) in [6.45, 7) is 3.48. The second-order valence-electron chi connectivity index (χ2n) is 7.36. The van der Waals surface area contributed by atoms with Gasteiger partial charge in [0.05, 0.1) is 11.0 Å². The van der Waals surface area contributed by atoms with Crippen LogP contribution in [0.5, 0.6) is 0 Å². The number of nitrogens with zero attached hydrogens (tertiary/aromatic N) is 2. The van der Waals surface area contributed by atoms with E-state index >= 15 is 0 Å². The number of furan rings is 1. The summed E-state index contributed by atoms with van der Waals surface area (Å²) in [5.41, 5.74) is 4.00. The molecule has 1 amide bonds. The third-order valence-electron chi connectivity index (χ3n) is 5.46. The van der Waals surface area contributed by atoms with E-state index in [-0.39, 0.29) is 5.91 Å². The molecule has 5 nitrogen and oxygen atoms in total. The maximum atomic E-state index is 12.8. The Bertz CT molecular complexity index is 1100. The van der Waals surface area contributed by atoms with Gasteiger partial charge in [-0.3, -0.25) is 4.79 Å². The lowest BCUT2D eigenvalue weighted by molar-refractivity contribution is 0.0681. The van der Waals surface area contributed by atoms with Crippen LogP contribution in [0.1, 0.15) is 40.7 Å². The van der Waals surface area contributed by atoms with E-state index in [1.54, 1.807) is 0 Å². The van der Waals surface area contributed by atoms with Gasteiger partial charge in [-0.1, -0.05) is 23.8 Å². The van der Waals surface area contributed by atoms with Crippen LogP contribution in [0.3, 0.4) is 0 Å². The molecule has 1 N–H and O–H groups in total. The Labute approximate surface area is 157 Å². The molecule has 3 heterocycles. The van der Waals surface area contributed by atoms with Crippen molar-refractivity contribution < 1.29 is 9.21 Å². The zero-order valence-electron chi connectivity index (χ0n) is 15.2. The van der Waals surface area contributed by atoms with Crippen LogP contribution in [-0.4, -0.2) is 33.9 Å². The Morgan fingerprint density at radius 3 is 2.78 bits per heavy atom. The highest BCUT2D eigenvalue weighted by molar-refractivity contribution is 5.96. The average molecular weight is 359 g/mol. The highest BCUT2D eigenvalue weighted by atomic mass is 16.3. The number of hydrogen-bond acceptors (Lipinski definition) is 3. The molecule has 0 spiro atoms. The summed E-state index contributed by atoms with van der Waals surface area (Å²) in [5.74, 6) is 1.80. The largest absolute Gasteiger partial charge is 0.451 e. The van der Waals surface area contributed by atoms with Gasteiger partial charge in [-0.2, -0.15) is 0 Å². The molecule has 1 aliphatic rings. The van der Waals surface area contributed by atoms with Crippen molar-refractivity contribution in [3.63, 3.8) is 0 Å². The molecule has 27 heavy (non-hydrogen) atoms. The van der Waals surface area contributed by atoms with Gasteiger partial charge < -0.3 is 14.3 Å². The summed E-state index contributed by atoms with van der Waals surface area (Å²) in [6, 6.07) is 15.9. The van der Waals surface area contributed by atoms with Gasteiger partial charge in [-0.05, 0) is 50.1 Å². The van der Waals surface area contributed by atoms with E-state index in [2.05, 4.69) is 4.98 Å². The fourth-order valence-corrected chi connectivity index (χ4v) is 3.95. The molecule has 0 bridgehead atoms. The van der Waals surface area contributed by atoms with Gasteiger partial charge in [0.15, 0.2) is 5.76 Å². The zero-order chi connectivity index (χ0) is 18.4. The lowest BCUT2D eigenvalue weighted by Crippen LogP contribution is -2.37. The number of amides is 1. The third kappa shape index (κ3) is 2.89. The number of para-hydroxylation sites is 2. The van der Waals surface area contributed by atoms with E-state index in [0.29, 0.717) is 11.7 Å². The Hall–Kier alpha value is -3.08. The van der Waals surface area contributed by atoms with Gasteiger partial charge in [0.25, 0.3) is 5.91 Å². The number of imidazole rings is 1. The standard InChI is InChI=1S/C22H21N3O2/c1-14-6-7-19-16(12-14)13-20(27-19)22(26)25-10-8-15(9-11-25)21-23-17-4-2-3-5-18(17)24-21/h2-7,12-13,15H,8-11H2,1H3,(H,23,24). The van der Waals surface area contributed by atoms with Gasteiger partial charge in [0.2, 0.25) is 0 Å². The number of likely N-dealkylation sites (tertiary alicyclic amines) is 1. The highest BCUT2D eigenvalue weighted by Crippen LogP contribution is 2.29. The van der Waals surface area contributed by atoms with E-state index in [4.69, 9.17) is 9.40 Å². The van der Waals surface area contributed by atoms with Crippen molar-refractivity contribution in [1.82, 2.24) is 14.9 Å². The van der Waals surface area contributed by atoms with Crippen molar-refractivity contribution in [2.24, 2.45) is 0 Å². The van der Waals surface area contributed by atoms with Gasteiger partial charge >= 0.3 is 0 Å². The van der Waals surface area contributed by atoms with E-state index in [1.165, 1.54) is 0 Å². The molecule has 2 aromatic carbocycles. The molecule has 0 atom stereocenters. The number of benzene rings is 2. The number of aryl methyl sites for hydroxylation is 1. The number of carbonyl (C=O) groups excluding carboxylic acids is 1. The van der Waals surface area contributed by atoms with Gasteiger partial charge in [-0.15, -0.1) is 0 Å². The SMILES string of the molecule is Cc1ccc2oc(C(=O)N3CCC(c4nc5ccccc5[nH]4)CC3)cc2c1. The second-order valence-corrected chi connectivity index (χ2v) is 7.36. The molecule has 136 valence electrons. The van der Waals surface area contributed by atoms with E-state index in [1.807, 2.05) is 60.4 Å². The quantitative estimate of drug-likeness (QED) is 0.567. The summed E-state index contributed by atoms with van der Waals surface area (Å²) < 4.78 is 5.78. The van der Waals surface area contributed by atoms with Crippen molar-refractivity contribution in [2.75, 3.05) is 13.1 Å². The highest BCUT2D eigenvalue weighted by Gasteiger charge is 2.28. The lowest BCUT2D eigenvalue weighted by atomic mass is 9.96. The number of nitrogens with one attached hydrogen (secondary N) is 1. The summed E-state index contributed by atoms with van der Waals surface area (Å²) >= 11 is 0. The molecule has 0 aliphatic carbocycles. The number of rotatable bonds is 2. The van der Waals surface area contributed by atoms with Crippen molar-refractivity contribution >= 4 is 27.9 Å². The molecule has 5 rings (SSSR count). The Morgan fingerprint density at radius 2 is 1.96 bits per heavy atom. The van der Waals surface area contributed by atoms with Gasteiger partial charge in [-0.25, -0.2) is 4.98 Å². The first-order valence-electron chi connectivity index (χ1n) is 9.41. The molecule has 1 fully saturated rings. The summed E-state index contributed by atoms with van der Waals surface area (Å²) in [5, 5.41) is 0.982. The first-order chi connectivity index (χ1) is 13.2. The van der Waals surface area contributed by atoms with Crippen LogP contribution in [0.25, 0.3) is 22.0 Å². The fraction of sp³-hybridized carbons (Fsp3) is 0.273. The molecule has 2 aromatic heterocycles. The molecule has 4 aromatic rings. The van der Waals surface area contributed by atoms with Gasteiger partial charge in [0, 0.05) is 24.4 Å². The number of piperidine rings is 1. The number of aromatic amines is 1. The maximum Gasteiger partial charge on any atom is 0.289 e. The number of hydrogen-bond donors (Lipinski definition) is 1. The Balaban J connectivity index is 1.31. The number of aromatic nitrogens is 2. The van der Waals surface area contributed by atoms with Crippen molar-refractivity contribution in [1.29, 1.82) is 0 Å². The normalized spacial score (nSPS) is 15.7. The van der Waals surface area contributed by atoms with Crippen molar-refractivity contribution in [3.05, 3.63) is 65.7 Å². The van der Waals surface area contributed by atoms with Crippen LogP contribution >= 0.6 is 0 Å². The Kier molecular flexibility index (Phi) is 3.74. The first kappa shape index (κ1) is 16.1. The summed E-state index contributed by atoms with van der Waals surface area (Å²) in [4.78, 5) is 22.9. The average Bonchev–Trinajstić information content (AvgIpc) is 3.31. The molecular weight excluding hydrogens is 338 g/mol. The molecule has 1 saturated heterocycles. The topological polar surface area (TPSA) is 62.1 Å². The van der Waals surface area contributed by atoms with Crippen LogP contribution in [0.4, 0.5) is 0 Å². The maximum absolute atomic E-state index is 12.8. The predicted octanol–water partition coefficient (Wildman–Crippen LogP) is 4.64. The lowest BCUT2D eigenvalue weighted by Gasteiger charge is -2.30. The molecule has 0 saturated carbocycles. The molecular formula is C22H21N3O2. The molecule has 0 unspecified atom stereocenters. The van der Waals surface area contributed by atoms with E-state index in [0.717, 1.165) is 59.3 Å². The minimum absolute atomic E-state index is 0.0214. The van der Waals surface area contributed by atoms with Crippen LogP contribution in [0.15, 0.2) is 52.9 Å². The van der Waals surface area contributed by atoms with E-state index in [9.17, 15) is 4.79 Å². The number of H-pyrrole nitrogens is 1. The van der Waals surface area contributed by atoms with Crippen molar-refractivity contribution in [2.45, 2.75) is 25.7 Å². The van der Waals surface area contributed by atoms with Crippen LogP contribution in [0.2, 0.25) is 0 Å². The monoisotopic (exact) mass is 359 g/mol. The Morgan fingerprint density at radius 1 is 1.15 bits per heavy atom. The number of carbonyl (C=O) groups is 1. The molecule has 1 aliphatic heterocycles. The first-order valence-corrected chi connectivity index (χ1v) is 9.41. The fourth-order valence-electron chi connectivity index (χ4n) is 3.95. The smallest absolute Gasteiger partial charge is 0.289 e. The molecule has 0 radical (unpaired) electrons. The number of fused-ring (bicyclic) bond motifs is 2. The van der Waals surface area contributed by atoms with E-state index < -0.39 is 0 Å². The van der Waals surface area contributed by atoms with Crippen LogP contribution < -0.4 is 0 Å². The summed E-state index contributed by atoms with van der Waals surface area (Å²) in [6.07, 6.45) is 1.82. The van der Waals surface area contributed by atoms with Gasteiger partial charge in [0.1, 0.15) is 11.4 Å². The van der Waals surface area contributed by atoms with Crippen molar-refractivity contribution in [3.8, 4) is 0 Å². The zero-order valence-corrected chi connectivity index (χ0v) is 15.2. The second kappa shape index (κ2) is 6.27. The minimum atomic E-state index is -0.0214. The van der Waals surface area contributed by atoms with Crippen LogP contribution in [0, 0.1) is 6.92 Å². The predicted molar refractivity (Wildman–Crippen MR) is 105 cm³/mol. The molecule has 5 heteroatoms.